The summed E-state index contributed by atoms with van der Waals surface area (Å²) in [5.41, 5.74) is -2.26. The number of H-pyrrole nitrogens is 1. The van der Waals surface area contributed by atoms with E-state index < -0.39 is 38.6 Å². The van der Waals surface area contributed by atoms with E-state index in [9.17, 15) is 34.8 Å². The molecule has 1 aromatic carbocycles. The van der Waals surface area contributed by atoms with Crippen LogP contribution in [0.25, 0.3) is 17.0 Å². The third-order valence-electron chi connectivity index (χ3n) is 4.39. The first kappa shape index (κ1) is 23.4. The van der Waals surface area contributed by atoms with Gasteiger partial charge < -0.3 is 5.32 Å². The Labute approximate surface area is 186 Å². The number of imidazole rings is 1. The molecule has 0 unspecified atom stereocenters. The van der Waals surface area contributed by atoms with Crippen LogP contribution in [0, 0.1) is 0 Å². The van der Waals surface area contributed by atoms with Crippen molar-refractivity contribution >= 4 is 21.3 Å². The molecule has 3 aromatic heterocycles. The zero-order chi connectivity index (χ0) is 24.9. The Balaban J connectivity index is 1.62. The molecule has 0 fully saturated rings. The largest absolute Gasteiger partial charge is 0.435 e. The number of halogens is 6. The van der Waals surface area contributed by atoms with Gasteiger partial charge >= 0.3 is 12.4 Å². The molecular formula is C17H12F6N8O2S. The third-order valence-corrected chi connectivity index (χ3v) is 5.23. The number of alkyl halides is 6. The van der Waals surface area contributed by atoms with Crippen LogP contribution in [0.3, 0.4) is 0 Å². The highest BCUT2D eigenvalue weighted by molar-refractivity contribution is 7.90. The number of hydrogen-bond acceptors (Lipinski definition) is 8. The molecule has 10 nitrogen and oxygen atoms in total. The summed E-state index contributed by atoms with van der Waals surface area (Å²) in [5, 5.41) is 11.6. The predicted molar refractivity (Wildman–Crippen MR) is 103 cm³/mol. The van der Waals surface area contributed by atoms with Crippen LogP contribution in [0.1, 0.15) is 17.1 Å². The van der Waals surface area contributed by atoms with Crippen molar-refractivity contribution in [2.24, 2.45) is 0 Å². The van der Waals surface area contributed by atoms with Gasteiger partial charge in [-0.05, 0) is 12.1 Å². The maximum Gasteiger partial charge on any atom is 0.435 e. The van der Waals surface area contributed by atoms with Crippen molar-refractivity contribution in [1.29, 1.82) is 0 Å². The Bertz CT molecular complexity index is 1460. The van der Waals surface area contributed by atoms with Gasteiger partial charge in [0.25, 0.3) is 5.16 Å². The molecule has 0 bridgehead atoms. The molecule has 2 N–H and O–H groups in total. The van der Waals surface area contributed by atoms with Crippen LogP contribution in [0.15, 0.2) is 35.6 Å². The van der Waals surface area contributed by atoms with Crippen LogP contribution < -0.4 is 5.32 Å². The lowest BCUT2D eigenvalue weighted by molar-refractivity contribution is -0.142. The van der Waals surface area contributed by atoms with Gasteiger partial charge in [-0.25, -0.2) is 22.9 Å². The van der Waals surface area contributed by atoms with Crippen LogP contribution in [0.2, 0.25) is 0 Å². The van der Waals surface area contributed by atoms with Crippen molar-refractivity contribution in [3.05, 3.63) is 47.5 Å². The molecule has 0 amide bonds. The van der Waals surface area contributed by atoms with Crippen molar-refractivity contribution in [3.63, 3.8) is 0 Å². The highest BCUT2D eigenvalue weighted by atomic mass is 32.2. The quantitative estimate of drug-likeness (QED) is 0.395. The fourth-order valence-electron chi connectivity index (χ4n) is 2.81. The Morgan fingerprint density at radius 3 is 2.29 bits per heavy atom. The minimum atomic E-state index is -4.86. The molecule has 0 saturated heterocycles. The summed E-state index contributed by atoms with van der Waals surface area (Å²) < 4.78 is 102. The molecule has 180 valence electrons. The fourth-order valence-corrected chi connectivity index (χ4v) is 3.30. The fraction of sp³-hybridized carbons (Fsp3) is 0.235. The van der Waals surface area contributed by atoms with E-state index in [1.54, 1.807) is 0 Å². The first-order valence-corrected chi connectivity index (χ1v) is 11.0. The molecular weight excluding hydrogens is 494 g/mol. The van der Waals surface area contributed by atoms with E-state index in [1.165, 1.54) is 12.1 Å². The zero-order valence-electron chi connectivity index (χ0n) is 16.8. The average molecular weight is 506 g/mol. The van der Waals surface area contributed by atoms with E-state index in [0.29, 0.717) is 10.7 Å². The number of anilines is 1. The lowest BCUT2D eigenvalue weighted by Gasteiger charge is -2.09. The average Bonchev–Trinajstić information content (AvgIpc) is 3.37. The highest BCUT2D eigenvalue weighted by Crippen LogP contribution is 2.31. The number of nitrogens with zero attached hydrogens (tertiary/aromatic N) is 6. The second kappa shape index (κ2) is 7.93. The number of hydrogen-bond donors (Lipinski definition) is 2. The standard InChI is InChI=1S/C17H12F6N8O2S/c1-34(32,33)15-27-13(14-25-6-10(17(21,22)23)31(14)30-15)24-7-11-26-12(29-28-11)8-2-4-9(5-3-8)16(18,19)20/h2-6H,7H2,1H3,(H,24,27,30)(H,26,28,29). The molecule has 4 rings (SSSR count). The van der Waals surface area contributed by atoms with Crippen molar-refractivity contribution in [3.8, 4) is 11.4 Å². The van der Waals surface area contributed by atoms with Crippen LogP contribution in [-0.4, -0.2) is 49.4 Å². The van der Waals surface area contributed by atoms with Gasteiger partial charge in [-0.2, -0.15) is 36.4 Å². The Kier molecular flexibility index (Phi) is 5.46. The molecule has 0 aliphatic rings. The number of aromatic amines is 1. The topological polar surface area (TPSA) is 131 Å². The van der Waals surface area contributed by atoms with E-state index >= 15 is 0 Å². The molecule has 3 heterocycles. The Morgan fingerprint density at radius 2 is 1.71 bits per heavy atom. The number of rotatable bonds is 5. The third kappa shape index (κ3) is 4.63. The van der Waals surface area contributed by atoms with E-state index in [2.05, 4.69) is 35.6 Å². The number of fused-ring (bicyclic) bond motifs is 1. The normalized spacial score (nSPS) is 12.9. The molecule has 0 spiro atoms. The maximum absolute atomic E-state index is 13.2. The number of nitrogens with one attached hydrogen (secondary N) is 2. The Hall–Kier alpha value is -3.76. The second-order valence-electron chi connectivity index (χ2n) is 6.93. The van der Waals surface area contributed by atoms with Crippen LogP contribution in [0.4, 0.5) is 32.2 Å². The summed E-state index contributed by atoms with van der Waals surface area (Å²) in [7, 11) is -4.08. The lowest BCUT2D eigenvalue weighted by Crippen LogP contribution is -2.16. The summed E-state index contributed by atoms with van der Waals surface area (Å²) >= 11 is 0. The molecule has 4 aromatic rings. The van der Waals surface area contributed by atoms with Gasteiger partial charge in [0.15, 0.2) is 23.0 Å². The van der Waals surface area contributed by atoms with Crippen molar-refractivity contribution < 1.29 is 34.8 Å². The summed E-state index contributed by atoms with van der Waals surface area (Å²) in [4.78, 5) is 11.5. The van der Waals surface area contributed by atoms with Gasteiger partial charge in [-0.15, -0.1) is 5.10 Å². The SMILES string of the molecule is CS(=O)(=O)c1nc(NCc2nc(-c3ccc(C(F)(F)F)cc3)n[nH]2)c2ncc(C(F)(F)F)n2n1. The van der Waals surface area contributed by atoms with Crippen LogP contribution in [-0.2, 0) is 28.7 Å². The van der Waals surface area contributed by atoms with Crippen LogP contribution in [0.5, 0.6) is 0 Å². The predicted octanol–water partition coefficient (Wildman–Crippen LogP) is 2.96. The molecule has 34 heavy (non-hydrogen) atoms. The Morgan fingerprint density at radius 1 is 1.03 bits per heavy atom. The molecule has 0 aliphatic carbocycles. The monoisotopic (exact) mass is 506 g/mol. The van der Waals surface area contributed by atoms with E-state index in [-0.39, 0.29) is 35.2 Å². The lowest BCUT2D eigenvalue weighted by atomic mass is 10.1. The van der Waals surface area contributed by atoms with E-state index in [0.717, 1.165) is 18.4 Å². The van der Waals surface area contributed by atoms with Gasteiger partial charge in [0.1, 0.15) is 5.82 Å². The zero-order valence-corrected chi connectivity index (χ0v) is 17.6. The molecule has 17 heteroatoms. The van der Waals surface area contributed by atoms with Gasteiger partial charge in [-0.1, -0.05) is 12.1 Å². The van der Waals surface area contributed by atoms with E-state index in [1.807, 2.05) is 0 Å². The number of sulfone groups is 1. The first-order chi connectivity index (χ1) is 15.7. The van der Waals surface area contributed by atoms with Gasteiger partial charge in [0.2, 0.25) is 9.84 Å². The molecule has 0 aliphatic heterocycles. The van der Waals surface area contributed by atoms with Crippen molar-refractivity contribution in [2.45, 2.75) is 24.1 Å². The van der Waals surface area contributed by atoms with Gasteiger partial charge in [0.05, 0.1) is 18.3 Å². The minimum Gasteiger partial charge on any atom is -0.360 e. The molecule has 0 radical (unpaired) electrons. The van der Waals surface area contributed by atoms with Gasteiger partial charge in [-0.3, -0.25) is 5.10 Å². The van der Waals surface area contributed by atoms with Crippen molar-refractivity contribution in [2.75, 3.05) is 11.6 Å². The summed E-state index contributed by atoms with van der Waals surface area (Å²) in [6.07, 6.45) is -8.15. The summed E-state index contributed by atoms with van der Waals surface area (Å²) in [6, 6.07) is 4.09. The molecule has 0 saturated carbocycles. The number of benzene rings is 1. The van der Waals surface area contributed by atoms with Crippen molar-refractivity contribution in [1.82, 2.24) is 34.8 Å². The number of aromatic nitrogens is 7. The second-order valence-corrected chi connectivity index (χ2v) is 8.84. The summed E-state index contributed by atoms with van der Waals surface area (Å²) in [5.74, 6) is -0.121. The highest BCUT2D eigenvalue weighted by Gasteiger charge is 2.36. The molecule has 0 atom stereocenters. The smallest absolute Gasteiger partial charge is 0.360 e. The van der Waals surface area contributed by atoms with Gasteiger partial charge in [0, 0.05) is 11.8 Å². The van der Waals surface area contributed by atoms with E-state index in [4.69, 9.17) is 0 Å². The minimum absolute atomic E-state index is 0.0651. The first-order valence-electron chi connectivity index (χ1n) is 9.09. The summed E-state index contributed by atoms with van der Waals surface area (Å²) in [6.45, 7) is -0.211. The van der Waals surface area contributed by atoms with Crippen LogP contribution >= 0.6 is 0 Å². The maximum atomic E-state index is 13.2.